The van der Waals surface area contributed by atoms with Crippen LogP contribution in [0.5, 0.6) is 5.75 Å². The van der Waals surface area contributed by atoms with E-state index in [9.17, 15) is 0 Å². The van der Waals surface area contributed by atoms with Gasteiger partial charge in [0.1, 0.15) is 5.75 Å². The Bertz CT molecular complexity index is 232. The van der Waals surface area contributed by atoms with Crippen molar-refractivity contribution in [2.75, 3.05) is 6.61 Å². The van der Waals surface area contributed by atoms with Gasteiger partial charge >= 0.3 is 0 Å². The third kappa shape index (κ3) is 5.60. The van der Waals surface area contributed by atoms with Crippen LogP contribution in [0.15, 0.2) is 24.3 Å². The maximum absolute atomic E-state index is 9.11. The average molecular weight is 196 g/mol. The van der Waals surface area contributed by atoms with Gasteiger partial charge in [-0.3, -0.25) is 0 Å². The Labute approximate surface area is 86.2 Å². The largest absolute Gasteiger partial charge is 0.508 e. The Kier molecular flexibility index (Phi) is 7.95. The number of para-hydroxylation sites is 1. The first-order valence-corrected chi connectivity index (χ1v) is 5.13. The lowest BCUT2D eigenvalue weighted by Gasteiger charge is -1.97. The third-order valence-corrected chi connectivity index (χ3v) is 1.88. The minimum atomic E-state index is 0.344. The van der Waals surface area contributed by atoms with Crippen LogP contribution < -0.4 is 0 Å². The van der Waals surface area contributed by atoms with Gasteiger partial charge in [-0.15, -0.1) is 0 Å². The lowest BCUT2D eigenvalue weighted by Crippen LogP contribution is -1.77. The van der Waals surface area contributed by atoms with Crippen molar-refractivity contribution in [1.29, 1.82) is 0 Å². The molecule has 0 amide bonds. The van der Waals surface area contributed by atoms with E-state index in [0.29, 0.717) is 12.4 Å². The highest BCUT2D eigenvalue weighted by atomic mass is 16.3. The average Bonchev–Trinajstić information content (AvgIpc) is 2.21. The van der Waals surface area contributed by atoms with Crippen molar-refractivity contribution in [1.82, 2.24) is 0 Å². The van der Waals surface area contributed by atoms with Gasteiger partial charge in [-0.2, -0.15) is 0 Å². The molecule has 1 aromatic carbocycles. The highest BCUT2D eigenvalue weighted by molar-refractivity contribution is 5.31. The van der Waals surface area contributed by atoms with E-state index < -0.39 is 0 Å². The summed E-state index contributed by atoms with van der Waals surface area (Å²) in [5.41, 5.74) is 1.01. The summed E-state index contributed by atoms with van der Waals surface area (Å²) in [7, 11) is 0. The predicted molar refractivity (Wildman–Crippen MR) is 59.5 cm³/mol. The second-order valence-electron chi connectivity index (χ2n) is 3.06. The Hall–Kier alpha value is -1.02. The molecule has 80 valence electrons. The van der Waals surface area contributed by atoms with Crippen molar-refractivity contribution in [3.63, 3.8) is 0 Å². The Morgan fingerprint density at radius 1 is 1.14 bits per heavy atom. The van der Waals surface area contributed by atoms with Gasteiger partial charge in [0.05, 0.1) is 0 Å². The fourth-order valence-electron chi connectivity index (χ4n) is 0.968. The monoisotopic (exact) mass is 196 g/mol. The number of benzene rings is 1. The van der Waals surface area contributed by atoms with Crippen LogP contribution in [0.1, 0.15) is 32.3 Å². The van der Waals surface area contributed by atoms with E-state index >= 15 is 0 Å². The van der Waals surface area contributed by atoms with E-state index in [-0.39, 0.29) is 0 Å². The molecule has 14 heavy (non-hydrogen) atoms. The number of unbranched alkanes of at least 4 members (excludes halogenated alkanes) is 1. The Morgan fingerprint density at radius 3 is 2.07 bits per heavy atom. The standard InChI is InChI=1S/C8H10O.C4H10O/c1-2-7-5-3-4-6-8(7)9;1-2-3-4-5/h3-6,9H,2H2,1H3;5H,2-4H2,1H3. The maximum Gasteiger partial charge on any atom is 0.118 e. The first-order valence-electron chi connectivity index (χ1n) is 5.13. The van der Waals surface area contributed by atoms with Crippen LogP contribution in [-0.4, -0.2) is 16.8 Å². The quantitative estimate of drug-likeness (QED) is 0.780. The summed E-state index contributed by atoms with van der Waals surface area (Å²) < 4.78 is 0. The molecule has 0 unspecified atom stereocenters. The topological polar surface area (TPSA) is 40.5 Å². The minimum absolute atomic E-state index is 0.344. The Morgan fingerprint density at radius 2 is 1.79 bits per heavy atom. The van der Waals surface area contributed by atoms with E-state index in [0.717, 1.165) is 24.8 Å². The smallest absolute Gasteiger partial charge is 0.118 e. The van der Waals surface area contributed by atoms with E-state index in [1.54, 1.807) is 6.07 Å². The number of aliphatic hydroxyl groups is 1. The fraction of sp³-hybridized carbons (Fsp3) is 0.500. The molecule has 2 nitrogen and oxygen atoms in total. The summed E-state index contributed by atoms with van der Waals surface area (Å²) in [6.07, 6.45) is 2.93. The lowest BCUT2D eigenvalue weighted by atomic mass is 10.1. The molecular formula is C12H20O2. The van der Waals surface area contributed by atoms with Crippen LogP contribution in [0.25, 0.3) is 0 Å². The molecule has 1 aromatic rings. The summed E-state index contributed by atoms with van der Waals surface area (Å²) in [6, 6.07) is 7.39. The van der Waals surface area contributed by atoms with Gasteiger partial charge in [0, 0.05) is 6.61 Å². The molecule has 0 aliphatic carbocycles. The molecule has 2 N–H and O–H groups in total. The van der Waals surface area contributed by atoms with Crippen molar-refractivity contribution in [3.8, 4) is 5.75 Å². The van der Waals surface area contributed by atoms with Crippen molar-refractivity contribution >= 4 is 0 Å². The Balaban J connectivity index is 0.000000292. The highest BCUT2D eigenvalue weighted by Gasteiger charge is 1.92. The molecule has 2 heteroatoms. The van der Waals surface area contributed by atoms with Crippen LogP contribution in [0.3, 0.4) is 0 Å². The predicted octanol–water partition coefficient (Wildman–Crippen LogP) is 2.73. The molecule has 0 bridgehead atoms. The number of aryl methyl sites for hydroxylation is 1. The van der Waals surface area contributed by atoms with Gasteiger partial charge in [-0.1, -0.05) is 38.5 Å². The number of phenolic OH excluding ortho intramolecular Hbond substituents is 1. The number of aliphatic hydroxyl groups excluding tert-OH is 1. The van der Waals surface area contributed by atoms with E-state index in [1.807, 2.05) is 25.1 Å². The molecule has 0 saturated carbocycles. The van der Waals surface area contributed by atoms with Crippen molar-refractivity contribution < 1.29 is 10.2 Å². The number of hydrogen-bond donors (Lipinski definition) is 2. The molecule has 0 saturated heterocycles. The fourth-order valence-corrected chi connectivity index (χ4v) is 0.968. The molecule has 0 atom stereocenters. The van der Waals surface area contributed by atoms with Gasteiger partial charge in [0.15, 0.2) is 0 Å². The normalized spacial score (nSPS) is 9.07. The van der Waals surface area contributed by atoms with E-state index in [4.69, 9.17) is 10.2 Å². The zero-order valence-electron chi connectivity index (χ0n) is 9.03. The lowest BCUT2D eigenvalue weighted by molar-refractivity contribution is 0.287. The van der Waals surface area contributed by atoms with Crippen LogP contribution in [0.4, 0.5) is 0 Å². The minimum Gasteiger partial charge on any atom is -0.508 e. The number of phenols is 1. The SMILES string of the molecule is CCCCO.CCc1ccccc1O. The summed E-state index contributed by atoms with van der Waals surface area (Å²) in [5, 5.41) is 17.2. The van der Waals surface area contributed by atoms with E-state index in [2.05, 4.69) is 6.92 Å². The molecule has 0 radical (unpaired) electrons. The summed E-state index contributed by atoms with van der Waals surface area (Å²) in [4.78, 5) is 0. The number of hydrogen-bond acceptors (Lipinski definition) is 2. The van der Waals surface area contributed by atoms with Crippen molar-refractivity contribution in [2.24, 2.45) is 0 Å². The molecule has 0 aromatic heterocycles. The molecule has 0 spiro atoms. The van der Waals surface area contributed by atoms with Crippen molar-refractivity contribution in [3.05, 3.63) is 29.8 Å². The molecule has 0 heterocycles. The zero-order chi connectivity index (χ0) is 10.8. The molecular weight excluding hydrogens is 176 g/mol. The van der Waals surface area contributed by atoms with Gasteiger partial charge in [0.2, 0.25) is 0 Å². The second kappa shape index (κ2) is 8.57. The first kappa shape index (κ1) is 13.0. The second-order valence-corrected chi connectivity index (χ2v) is 3.06. The summed E-state index contributed by atoms with van der Waals surface area (Å²) >= 11 is 0. The summed E-state index contributed by atoms with van der Waals surface area (Å²) in [5.74, 6) is 0.403. The van der Waals surface area contributed by atoms with Crippen LogP contribution in [0, 0.1) is 0 Å². The van der Waals surface area contributed by atoms with Crippen molar-refractivity contribution in [2.45, 2.75) is 33.1 Å². The highest BCUT2D eigenvalue weighted by Crippen LogP contribution is 2.14. The van der Waals surface area contributed by atoms with Crippen LogP contribution in [-0.2, 0) is 6.42 Å². The van der Waals surface area contributed by atoms with E-state index in [1.165, 1.54) is 0 Å². The molecule has 0 fully saturated rings. The van der Waals surface area contributed by atoms with Gasteiger partial charge in [0.25, 0.3) is 0 Å². The van der Waals surface area contributed by atoms with Gasteiger partial charge in [-0.25, -0.2) is 0 Å². The summed E-state index contributed by atoms with van der Waals surface area (Å²) in [6.45, 7) is 4.42. The maximum atomic E-state index is 9.11. The number of rotatable bonds is 3. The molecule has 1 rings (SSSR count). The number of aromatic hydroxyl groups is 1. The zero-order valence-corrected chi connectivity index (χ0v) is 9.03. The third-order valence-electron chi connectivity index (χ3n) is 1.88. The van der Waals surface area contributed by atoms with Gasteiger partial charge in [-0.05, 0) is 24.5 Å². The first-order chi connectivity index (χ1) is 6.76. The van der Waals surface area contributed by atoms with Crippen LogP contribution in [0.2, 0.25) is 0 Å². The van der Waals surface area contributed by atoms with Gasteiger partial charge < -0.3 is 10.2 Å². The van der Waals surface area contributed by atoms with Crippen LogP contribution >= 0.6 is 0 Å². The molecule has 0 aliphatic heterocycles. The molecule has 0 aliphatic rings.